The first-order valence-electron chi connectivity index (χ1n) is 5.84. The molecule has 0 fully saturated rings. The molecule has 2 heteroatoms. The number of rotatable bonds is 9. The molecule has 0 saturated carbocycles. The number of allylic oxidation sites excluding steroid dienone is 1. The molecule has 0 aliphatic carbocycles. The maximum absolute atomic E-state index is 9.15. The molecule has 0 aromatic heterocycles. The van der Waals surface area contributed by atoms with Gasteiger partial charge in [-0.1, -0.05) is 44.8 Å². The summed E-state index contributed by atoms with van der Waals surface area (Å²) in [5.41, 5.74) is 5.28. The van der Waals surface area contributed by atoms with E-state index in [1.54, 1.807) is 0 Å². The summed E-state index contributed by atoms with van der Waals surface area (Å²) in [5, 5.41) is 9.15. The molecule has 2 nitrogen and oxygen atoms in total. The first-order valence-corrected chi connectivity index (χ1v) is 5.84. The Labute approximate surface area is 88.2 Å². The fourth-order valence-electron chi connectivity index (χ4n) is 1.33. The zero-order valence-electron chi connectivity index (χ0n) is 9.41. The summed E-state index contributed by atoms with van der Waals surface area (Å²) in [6, 6.07) is 0. The molecule has 0 aromatic carbocycles. The Bertz CT molecular complexity index is 134. The van der Waals surface area contributed by atoms with Crippen molar-refractivity contribution in [2.24, 2.45) is 5.73 Å². The van der Waals surface area contributed by atoms with Gasteiger partial charge in [-0.25, -0.2) is 0 Å². The van der Waals surface area contributed by atoms with Gasteiger partial charge in [0.25, 0.3) is 0 Å². The van der Waals surface area contributed by atoms with Gasteiger partial charge in [-0.3, -0.25) is 0 Å². The van der Waals surface area contributed by atoms with Crippen LogP contribution in [0.25, 0.3) is 0 Å². The molecule has 0 radical (unpaired) electrons. The van der Waals surface area contributed by atoms with Crippen molar-refractivity contribution in [1.82, 2.24) is 0 Å². The Morgan fingerprint density at radius 3 is 2.50 bits per heavy atom. The van der Waals surface area contributed by atoms with Crippen molar-refractivity contribution in [2.75, 3.05) is 6.54 Å². The van der Waals surface area contributed by atoms with Crippen molar-refractivity contribution in [3.63, 3.8) is 0 Å². The van der Waals surface area contributed by atoms with Crippen LogP contribution < -0.4 is 5.73 Å². The topological polar surface area (TPSA) is 46.2 Å². The van der Waals surface area contributed by atoms with Gasteiger partial charge in [0.05, 0.1) is 6.10 Å². The van der Waals surface area contributed by atoms with Crippen LogP contribution in [0.5, 0.6) is 0 Å². The number of aliphatic hydroxyl groups excluding tert-OH is 1. The molecule has 0 bridgehead atoms. The molecule has 0 aliphatic heterocycles. The largest absolute Gasteiger partial charge is 0.391 e. The Morgan fingerprint density at radius 2 is 1.86 bits per heavy atom. The minimum absolute atomic E-state index is 0.355. The third-order valence-electron chi connectivity index (χ3n) is 2.32. The second kappa shape index (κ2) is 10.7. The van der Waals surface area contributed by atoms with Gasteiger partial charge in [-0.2, -0.15) is 0 Å². The van der Waals surface area contributed by atoms with Crippen LogP contribution in [0.4, 0.5) is 0 Å². The van der Waals surface area contributed by atoms with E-state index >= 15 is 0 Å². The van der Waals surface area contributed by atoms with Crippen LogP contribution in [0.3, 0.4) is 0 Å². The minimum atomic E-state index is -0.355. The molecule has 1 unspecified atom stereocenters. The van der Waals surface area contributed by atoms with Crippen molar-refractivity contribution in [2.45, 2.75) is 58.0 Å². The SMILES string of the molecule is CCCCCCC/C=C/CC(O)CN. The molecular weight excluding hydrogens is 174 g/mol. The average molecular weight is 199 g/mol. The summed E-state index contributed by atoms with van der Waals surface area (Å²) < 4.78 is 0. The van der Waals surface area contributed by atoms with E-state index in [0.717, 1.165) is 6.42 Å². The molecule has 0 amide bonds. The van der Waals surface area contributed by atoms with Gasteiger partial charge in [0.15, 0.2) is 0 Å². The lowest BCUT2D eigenvalue weighted by molar-refractivity contribution is 0.186. The highest BCUT2D eigenvalue weighted by Crippen LogP contribution is 2.05. The third kappa shape index (κ3) is 9.75. The van der Waals surface area contributed by atoms with Crippen LogP contribution >= 0.6 is 0 Å². The van der Waals surface area contributed by atoms with Crippen molar-refractivity contribution < 1.29 is 5.11 Å². The molecule has 1 atom stereocenters. The van der Waals surface area contributed by atoms with E-state index < -0.39 is 0 Å². The fraction of sp³-hybridized carbons (Fsp3) is 0.833. The molecule has 0 rings (SSSR count). The number of nitrogens with two attached hydrogens (primary N) is 1. The molecule has 0 spiro atoms. The van der Waals surface area contributed by atoms with E-state index in [2.05, 4.69) is 13.0 Å². The molecule has 0 aliphatic rings. The predicted molar refractivity (Wildman–Crippen MR) is 62.2 cm³/mol. The molecule has 14 heavy (non-hydrogen) atoms. The van der Waals surface area contributed by atoms with Crippen molar-refractivity contribution in [1.29, 1.82) is 0 Å². The van der Waals surface area contributed by atoms with Crippen LogP contribution in [0.1, 0.15) is 51.9 Å². The van der Waals surface area contributed by atoms with E-state index in [-0.39, 0.29) is 6.10 Å². The summed E-state index contributed by atoms with van der Waals surface area (Å²) in [6.45, 7) is 2.59. The van der Waals surface area contributed by atoms with E-state index in [4.69, 9.17) is 10.8 Å². The van der Waals surface area contributed by atoms with E-state index in [9.17, 15) is 0 Å². The average Bonchev–Trinajstić information content (AvgIpc) is 2.21. The van der Waals surface area contributed by atoms with Crippen LogP contribution in [-0.2, 0) is 0 Å². The van der Waals surface area contributed by atoms with Gasteiger partial charge in [-0.15, -0.1) is 0 Å². The maximum Gasteiger partial charge on any atom is 0.0696 e. The van der Waals surface area contributed by atoms with Gasteiger partial charge < -0.3 is 10.8 Å². The Balaban J connectivity index is 3.10. The van der Waals surface area contributed by atoms with E-state index in [0.29, 0.717) is 13.0 Å². The second-order valence-corrected chi connectivity index (χ2v) is 3.80. The van der Waals surface area contributed by atoms with Crippen LogP contribution in [0.15, 0.2) is 12.2 Å². The zero-order valence-corrected chi connectivity index (χ0v) is 9.41. The number of aliphatic hydroxyl groups is 1. The quantitative estimate of drug-likeness (QED) is 0.443. The highest BCUT2D eigenvalue weighted by molar-refractivity contribution is 4.84. The van der Waals surface area contributed by atoms with Crippen molar-refractivity contribution in [3.05, 3.63) is 12.2 Å². The Hall–Kier alpha value is -0.340. The summed E-state index contributed by atoms with van der Waals surface area (Å²) in [7, 11) is 0. The van der Waals surface area contributed by atoms with Crippen LogP contribution in [0.2, 0.25) is 0 Å². The Kier molecular flexibility index (Phi) is 10.5. The lowest BCUT2D eigenvalue weighted by Crippen LogP contribution is -2.18. The van der Waals surface area contributed by atoms with Gasteiger partial charge in [0, 0.05) is 6.54 Å². The number of hydrogen-bond acceptors (Lipinski definition) is 2. The predicted octanol–water partition coefficient (Wildman–Crippen LogP) is 2.61. The van der Waals surface area contributed by atoms with Gasteiger partial charge in [-0.05, 0) is 19.3 Å². The third-order valence-corrected chi connectivity index (χ3v) is 2.32. The van der Waals surface area contributed by atoms with Gasteiger partial charge in [0.2, 0.25) is 0 Å². The van der Waals surface area contributed by atoms with E-state index in [1.165, 1.54) is 32.1 Å². The smallest absolute Gasteiger partial charge is 0.0696 e. The lowest BCUT2D eigenvalue weighted by Gasteiger charge is -2.01. The Morgan fingerprint density at radius 1 is 1.14 bits per heavy atom. The summed E-state index contributed by atoms with van der Waals surface area (Å²) in [5.74, 6) is 0. The highest BCUT2D eigenvalue weighted by atomic mass is 16.3. The fourth-order valence-corrected chi connectivity index (χ4v) is 1.33. The molecular formula is C12H25NO. The molecule has 0 aromatic rings. The normalized spacial score (nSPS) is 13.6. The minimum Gasteiger partial charge on any atom is -0.391 e. The standard InChI is InChI=1S/C12H25NO/c1-2-3-4-5-6-7-8-9-10-12(14)11-13/h8-9,12,14H,2-7,10-11,13H2,1H3/b9-8+. The zero-order chi connectivity index (χ0) is 10.6. The first kappa shape index (κ1) is 13.7. The van der Waals surface area contributed by atoms with Crippen LogP contribution in [0, 0.1) is 0 Å². The lowest BCUT2D eigenvalue weighted by atomic mass is 10.1. The molecule has 0 heterocycles. The molecule has 0 saturated heterocycles. The summed E-state index contributed by atoms with van der Waals surface area (Å²) >= 11 is 0. The molecule has 3 N–H and O–H groups in total. The second-order valence-electron chi connectivity index (χ2n) is 3.80. The van der Waals surface area contributed by atoms with Gasteiger partial charge in [0.1, 0.15) is 0 Å². The summed E-state index contributed by atoms with van der Waals surface area (Å²) in [4.78, 5) is 0. The monoisotopic (exact) mass is 199 g/mol. The first-order chi connectivity index (χ1) is 6.81. The van der Waals surface area contributed by atoms with Crippen LogP contribution in [-0.4, -0.2) is 17.8 Å². The van der Waals surface area contributed by atoms with Gasteiger partial charge >= 0.3 is 0 Å². The number of unbranched alkanes of at least 4 members (excludes halogenated alkanes) is 5. The van der Waals surface area contributed by atoms with Crippen molar-refractivity contribution >= 4 is 0 Å². The van der Waals surface area contributed by atoms with E-state index in [1.807, 2.05) is 6.08 Å². The summed E-state index contributed by atoms with van der Waals surface area (Å²) in [6.07, 6.45) is 12.3. The molecule has 84 valence electrons. The van der Waals surface area contributed by atoms with Crippen molar-refractivity contribution in [3.8, 4) is 0 Å². The number of hydrogen-bond donors (Lipinski definition) is 2. The maximum atomic E-state index is 9.15. The highest BCUT2D eigenvalue weighted by Gasteiger charge is 1.94.